The van der Waals surface area contributed by atoms with Gasteiger partial charge in [-0.15, -0.1) is 0 Å². The van der Waals surface area contributed by atoms with Gasteiger partial charge in [-0.2, -0.15) is 0 Å². The molecule has 0 aliphatic heterocycles. The molecule has 1 N–H and O–H groups in total. The molecule has 0 radical (unpaired) electrons. The van der Waals surface area contributed by atoms with Crippen molar-refractivity contribution < 1.29 is 4.79 Å². The number of benzene rings is 1. The first-order chi connectivity index (χ1) is 11.1. The molecule has 5 rings (SSSR count). The molecule has 1 aromatic carbocycles. The van der Waals surface area contributed by atoms with Gasteiger partial charge in [0.05, 0.1) is 0 Å². The molecule has 0 spiro atoms. The van der Waals surface area contributed by atoms with Crippen LogP contribution in [0.3, 0.4) is 0 Å². The lowest BCUT2D eigenvalue weighted by Crippen LogP contribution is -2.51. The van der Waals surface area contributed by atoms with Gasteiger partial charge in [-0.05, 0) is 85.5 Å². The smallest absolute Gasteiger partial charge is 0.244 e. The van der Waals surface area contributed by atoms with E-state index in [1.807, 2.05) is 30.3 Å². The van der Waals surface area contributed by atoms with Crippen LogP contribution in [0.25, 0.3) is 6.08 Å². The SMILES string of the molecule is O=C(/C=C/c1cccc(Cl)c1)NCC12CC3CC(CC(C3)C1)C2. The molecule has 4 aliphatic carbocycles. The number of hydrogen-bond acceptors (Lipinski definition) is 1. The number of carbonyl (C=O) groups excluding carboxylic acids is 1. The summed E-state index contributed by atoms with van der Waals surface area (Å²) < 4.78 is 0. The Labute approximate surface area is 143 Å². The summed E-state index contributed by atoms with van der Waals surface area (Å²) in [6.45, 7) is 0.856. The van der Waals surface area contributed by atoms with Gasteiger partial charge >= 0.3 is 0 Å². The molecule has 0 unspecified atom stereocenters. The van der Waals surface area contributed by atoms with E-state index in [4.69, 9.17) is 11.6 Å². The zero-order valence-corrected chi connectivity index (χ0v) is 14.2. The Kier molecular flexibility index (Phi) is 3.96. The highest BCUT2D eigenvalue weighted by Gasteiger charge is 2.50. The van der Waals surface area contributed by atoms with Crippen LogP contribution in [-0.4, -0.2) is 12.5 Å². The zero-order valence-electron chi connectivity index (χ0n) is 13.4. The number of carbonyl (C=O) groups is 1. The molecular formula is C20H24ClNO. The second-order valence-corrected chi connectivity index (χ2v) is 8.46. The van der Waals surface area contributed by atoms with E-state index in [1.165, 1.54) is 38.5 Å². The van der Waals surface area contributed by atoms with Crippen molar-refractivity contribution in [3.63, 3.8) is 0 Å². The third-order valence-corrected chi connectivity index (χ3v) is 6.31. The molecule has 4 bridgehead atoms. The Hall–Kier alpha value is -1.28. The van der Waals surface area contributed by atoms with Gasteiger partial charge in [-0.25, -0.2) is 0 Å². The van der Waals surface area contributed by atoms with Gasteiger partial charge < -0.3 is 5.32 Å². The molecule has 4 aliphatic rings. The predicted molar refractivity (Wildman–Crippen MR) is 94.1 cm³/mol. The lowest BCUT2D eigenvalue weighted by molar-refractivity contribution is -0.118. The van der Waals surface area contributed by atoms with Gasteiger partial charge in [0.25, 0.3) is 0 Å². The topological polar surface area (TPSA) is 29.1 Å². The van der Waals surface area contributed by atoms with Crippen LogP contribution in [-0.2, 0) is 4.79 Å². The fourth-order valence-electron chi connectivity index (χ4n) is 5.62. The van der Waals surface area contributed by atoms with Crippen LogP contribution >= 0.6 is 11.6 Å². The van der Waals surface area contributed by atoms with Crippen molar-refractivity contribution in [3.8, 4) is 0 Å². The monoisotopic (exact) mass is 329 g/mol. The molecule has 2 nitrogen and oxygen atoms in total. The highest BCUT2D eigenvalue weighted by molar-refractivity contribution is 6.30. The first kappa shape index (κ1) is 15.3. The summed E-state index contributed by atoms with van der Waals surface area (Å²) in [4.78, 5) is 12.2. The quantitative estimate of drug-likeness (QED) is 0.798. The van der Waals surface area contributed by atoms with E-state index in [9.17, 15) is 4.79 Å². The maximum absolute atomic E-state index is 12.2. The maximum Gasteiger partial charge on any atom is 0.244 e. The largest absolute Gasteiger partial charge is 0.352 e. The van der Waals surface area contributed by atoms with Crippen LogP contribution in [0.15, 0.2) is 30.3 Å². The lowest BCUT2D eigenvalue weighted by Gasteiger charge is -2.56. The van der Waals surface area contributed by atoms with Gasteiger partial charge in [-0.1, -0.05) is 23.7 Å². The molecule has 122 valence electrons. The Morgan fingerprint density at radius 2 is 1.83 bits per heavy atom. The molecule has 0 atom stereocenters. The lowest BCUT2D eigenvalue weighted by atomic mass is 9.49. The third kappa shape index (κ3) is 3.33. The van der Waals surface area contributed by atoms with Gasteiger partial charge in [-0.3, -0.25) is 4.79 Å². The minimum absolute atomic E-state index is 0.0146. The fraction of sp³-hybridized carbons (Fsp3) is 0.550. The van der Waals surface area contributed by atoms with E-state index in [2.05, 4.69) is 5.32 Å². The second-order valence-electron chi connectivity index (χ2n) is 8.02. The van der Waals surface area contributed by atoms with Crippen LogP contribution in [0.5, 0.6) is 0 Å². The van der Waals surface area contributed by atoms with E-state index in [-0.39, 0.29) is 5.91 Å². The Bertz CT molecular complexity index is 601. The molecule has 0 aromatic heterocycles. The fourth-order valence-corrected chi connectivity index (χ4v) is 5.82. The van der Waals surface area contributed by atoms with Crippen LogP contribution < -0.4 is 5.32 Å². The molecule has 4 fully saturated rings. The first-order valence-corrected chi connectivity index (χ1v) is 9.20. The van der Waals surface area contributed by atoms with E-state index < -0.39 is 0 Å². The second kappa shape index (κ2) is 5.98. The molecular weight excluding hydrogens is 306 g/mol. The number of nitrogens with one attached hydrogen (secondary N) is 1. The molecule has 0 heterocycles. The zero-order chi connectivity index (χ0) is 15.9. The van der Waals surface area contributed by atoms with E-state index >= 15 is 0 Å². The van der Waals surface area contributed by atoms with Crippen molar-refractivity contribution in [1.82, 2.24) is 5.32 Å². The predicted octanol–water partition coefficient (Wildman–Crippen LogP) is 4.69. The van der Waals surface area contributed by atoms with Crippen molar-refractivity contribution in [2.45, 2.75) is 38.5 Å². The van der Waals surface area contributed by atoms with Crippen LogP contribution in [0.2, 0.25) is 5.02 Å². The molecule has 4 saturated carbocycles. The van der Waals surface area contributed by atoms with Crippen molar-refractivity contribution >= 4 is 23.6 Å². The van der Waals surface area contributed by atoms with Crippen molar-refractivity contribution in [2.75, 3.05) is 6.54 Å². The van der Waals surface area contributed by atoms with Gasteiger partial charge in [0.15, 0.2) is 0 Å². The van der Waals surface area contributed by atoms with Crippen molar-refractivity contribution in [1.29, 1.82) is 0 Å². The maximum atomic E-state index is 12.2. The summed E-state index contributed by atoms with van der Waals surface area (Å²) in [6.07, 6.45) is 11.8. The number of halogens is 1. The summed E-state index contributed by atoms with van der Waals surface area (Å²) in [7, 11) is 0. The van der Waals surface area contributed by atoms with Gasteiger partial charge in [0.1, 0.15) is 0 Å². The summed E-state index contributed by atoms with van der Waals surface area (Å²) in [5.41, 5.74) is 1.36. The van der Waals surface area contributed by atoms with E-state index in [1.54, 1.807) is 6.08 Å². The molecule has 23 heavy (non-hydrogen) atoms. The minimum atomic E-state index is 0.0146. The normalized spacial score (nSPS) is 34.9. The highest BCUT2D eigenvalue weighted by atomic mass is 35.5. The summed E-state index contributed by atoms with van der Waals surface area (Å²) in [6, 6.07) is 7.56. The summed E-state index contributed by atoms with van der Waals surface area (Å²) >= 11 is 5.96. The van der Waals surface area contributed by atoms with Gasteiger partial charge in [0.2, 0.25) is 5.91 Å². The number of amides is 1. The standard InChI is InChI=1S/C20H24ClNO/c21-18-3-1-2-14(9-18)4-5-19(23)22-13-20-10-15-6-16(11-20)8-17(7-15)12-20/h1-5,9,15-17H,6-8,10-13H2,(H,22,23)/b5-4+. The Morgan fingerprint density at radius 3 is 2.43 bits per heavy atom. The van der Waals surface area contributed by atoms with Gasteiger partial charge in [0, 0.05) is 17.6 Å². The summed E-state index contributed by atoms with van der Waals surface area (Å²) in [5, 5.41) is 3.86. The molecule has 3 heteroatoms. The minimum Gasteiger partial charge on any atom is -0.352 e. The van der Waals surface area contributed by atoms with Crippen LogP contribution in [0.4, 0.5) is 0 Å². The van der Waals surface area contributed by atoms with Crippen LogP contribution in [0, 0.1) is 23.2 Å². The average Bonchev–Trinajstić information content (AvgIpc) is 2.50. The van der Waals surface area contributed by atoms with Crippen molar-refractivity contribution in [3.05, 3.63) is 40.9 Å². The van der Waals surface area contributed by atoms with Crippen LogP contribution in [0.1, 0.15) is 44.1 Å². The van der Waals surface area contributed by atoms with E-state index in [0.717, 1.165) is 29.9 Å². The highest BCUT2D eigenvalue weighted by Crippen LogP contribution is 2.59. The average molecular weight is 330 g/mol. The third-order valence-electron chi connectivity index (χ3n) is 6.08. The van der Waals surface area contributed by atoms with E-state index in [0.29, 0.717) is 10.4 Å². The Morgan fingerprint density at radius 1 is 1.17 bits per heavy atom. The number of hydrogen-bond donors (Lipinski definition) is 1. The molecule has 0 saturated heterocycles. The molecule has 1 aromatic rings. The van der Waals surface area contributed by atoms with Crippen molar-refractivity contribution in [2.24, 2.45) is 23.2 Å². The number of rotatable bonds is 4. The first-order valence-electron chi connectivity index (χ1n) is 8.82. The summed E-state index contributed by atoms with van der Waals surface area (Å²) in [5.74, 6) is 2.81. The molecule has 1 amide bonds. The Balaban J connectivity index is 1.35.